The highest BCUT2D eigenvalue weighted by Gasteiger charge is 2.22. The van der Waals surface area contributed by atoms with Crippen molar-refractivity contribution in [2.45, 2.75) is 26.2 Å². The highest BCUT2D eigenvalue weighted by atomic mass is 16.3. The maximum atomic E-state index is 6.76. The molecule has 2 heteroatoms. The van der Waals surface area contributed by atoms with Crippen molar-refractivity contribution in [3.63, 3.8) is 0 Å². The summed E-state index contributed by atoms with van der Waals surface area (Å²) in [6.07, 6.45) is 0. The Morgan fingerprint density at radius 2 is 0.893 bits per heavy atom. The van der Waals surface area contributed by atoms with Crippen molar-refractivity contribution in [1.82, 2.24) is 0 Å². The molecule has 10 aromatic rings. The second-order valence-electron chi connectivity index (χ2n) is 15.8. The largest absolute Gasteiger partial charge is 0.455 e. The smallest absolute Gasteiger partial charge is 0.143 e. The van der Waals surface area contributed by atoms with Gasteiger partial charge in [-0.15, -0.1) is 0 Å². The third kappa shape index (κ3) is 5.91. The molecule has 1 heterocycles. The minimum absolute atomic E-state index is 0.0304. The second-order valence-corrected chi connectivity index (χ2v) is 15.8. The lowest BCUT2D eigenvalue weighted by Crippen LogP contribution is -2.10. The van der Waals surface area contributed by atoms with E-state index in [1.54, 1.807) is 0 Å². The molecule has 0 unspecified atom stereocenters. The van der Waals surface area contributed by atoms with Gasteiger partial charge in [0.25, 0.3) is 0 Å². The summed E-state index contributed by atoms with van der Waals surface area (Å²) in [5.74, 6) is 0. The quantitative estimate of drug-likeness (QED) is 0.170. The monoisotopic (exact) mass is 719 g/mol. The zero-order valence-electron chi connectivity index (χ0n) is 31.8. The van der Waals surface area contributed by atoms with Crippen LogP contribution in [0, 0.1) is 0 Å². The van der Waals surface area contributed by atoms with Gasteiger partial charge in [-0.3, -0.25) is 0 Å². The number of rotatable bonds is 6. The Bertz CT molecular complexity index is 3050. The molecule has 9 aromatic carbocycles. The Morgan fingerprint density at radius 1 is 0.357 bits per heavy atom. The molecule has 0 saturated carbocycles. The summed E-state index contributed by atoms with van der Waals surface area (Å²) in [4.78, 5) is 2.36. The van der Waals surface area contributed by atoms with Crippen molar-refractivity contribution in [2.75, 3.05) is 4.90 Å². The minimum Gasteiger partial charge on any atom is -0.455 e. The van der Waals surface area contributed by atoms with Crippen LogP contribution in [0.4, 0.5) is 17.1 Å². The maximum absolute atomic E-state index is 6.76. The van der Waals surface area contributed by atoms with E-state index >= 15 is 0 Å². The van der Waals surface area contributed by atoms with E-state index in [0.29, 0.717) is 0 Å². The van der Waals surface area contributed by atoms with Crippen LogP contribution in [0.15, 0.2) is 199 Å². The second kappa shape index (κ2) is 13.4. The number of fused-ring (bicyclic) bond motifs is 5. The summed E-state index contributed by atoms with van der Waals surface area (Å²) in [7, 11) is 0. The summed E-state index contributed by atoms with van der Waals surface area (Å²) in [6, 6.07) is 70.2. The van der Waals surface area contributed by atoms with E-state index in [4.69, 9.17) is 4.42 Å². The van der Waals surface area contributed by atoms with Gasteiger partial charge in [-0.2, -0.15) is 0 Å². The summed E-state index contributed by atoms with van der Waals surface area (Å²) >= 11 is 0. The summed E-state index contributed by atoms with van der Waals surface area (Å²) < 4.78 is 6.76. The molecule has 0 aliphatic carbocycles. The Labute approximate surface area is 327 Å². The highest BCUT2D eigenvalue weighted by molar-refractivity contribution is 6.10. The molecule has 0 N–H and O–H groups in total. The molecule has 56 heavy (non-hydrogen) atoms. The normalized spacial score (nSPS) is 11.8. The van der Waals surface area contributed by atoms with Gasteiger partial charge in [0.15, 0.2) is 0 Å². The number of hydrogen-bond acceptors (Lipinski definition) is 2. The van der Waals surface area contributed by atoms with Crippen LogP contribution in [0.3, 0.4) is 0 Å². The zero-order valence-corrected chi connectivity index (χ0v) is 31.8. The van der Waals surface area contributed by atoms with Crippen LogP contribution in [0.5, 0.6) is 0 Å². The lowest BCUT2D eigenvalue weighted by atomic mass is 9.86. The fraction of sp³-hybridized carbons (Fsp3) is 0.0741. The predicted octanol–water partition coefficient (Wildman–Crippen LogP) is 15.7. The van der Waals surface area contributed by atoms with Gasteiger partial charge in [-0.25, -0.2) is 0 Å². The molecule has 0 fully saturated rings. The highest BCUT2D eigenvalue weighted by Crippen LogP contribution is 2.42. The SMILES string of the molecule is CC(C)(C)c1cccc2c1oc1c(-c3ccc(N(c4ccc(-c5cccc6ccccc56)cc4)c4cccc(-c5ccc6ccccc6c5)c4)cc3)cccc12. The number of hydrogen-bond donors (Lipinski definition) is 0. The number of anilines is 3. The van der Waals surface area contributed by atoms with Crippen LogP contribution in [0.25, 0.3) is 76.9 Å². The third-order valence-corrected chi connectivity index (χ3v) is 11.2. The first-order valence-electron chi connectivity index (χ1n) is 19.4. The molecule has 1 aromatic heterocycles. The molecule has 0 saturated heterocycles. The molecule has 0 bridgehead atoms. The predicted molar refractivity (Wildman–Crippen MR) is 238 cm³/mol. The number of nitrogens with zero attached hydrogens (tertiary/aromatic N) is 1. The Kier molecular flexibility index (Phi) is 8.08. The van der Waals surface area contributed by atoms with Gasteiger partial charge >= 0.3 is 0 Å². The lowest BCUT2D eigenvalue weighted by Gasteiger charge is -2.26. The van der Waals surface area contributed by atoms with Gasteiger partial charge in [0.1, 0.15) is 11.2 Å². The van der Waals surface area contributed by atoms with Crippen LogP contribution in [0.2, 0.25) is 0 Å². The number of furan rings is 1. The molecule has 2 nitrogen and oxygen atoms in total. The van der Waals surface area contributed by atoms with E-state index in [2.05, 4.69) is 220 Å². The van der Waals surface area contributed by atoms with Gasteiger partial charge in [0.05, 0.1) is 0 Å². The van der Waals surface area contributed by atoms with Crippen LogP contribution in [-0.2, 0) is 5.41 Å². The number of benzene rings is 9. The van der Waals surface area contributed by atoms with Gasteiger partial charge in [-0.05, 0) is 97.2 Å². The molecule has 0 amide bonds. The summed E-state index contributed by atoms with van der Waals surface area (Å²) in [5.41, 5.74) is 13.4. The lowest BCUT2D eigenvalue weighted by molar-refractivity contribution is 0.573. The van der Waals surface area contributed by atoms with E-state index in [1.807, 2.05) is 0 Å². The fourth-order valence-corrected chi connectivity index (χ4v) is 8.34. The first-order chi connectivity index (χ1) is 27.4. The van der Waals surface area contributed by atoms with Crippen molar-refractivity contribution in [3.05, 3.63) is 200 Å². The molecule has 0 atom stereocenters. The average Bonchev–Trinajstić information content (AvgIpc) is 3.63. The molecule has 10 rings (SSSR count). The van der Waals surface area contributed by atoms with Crippen LogP contribution in [0.1, 0.15) is 26.3 Å². The van der Waals surface area contributed by atoms with Gasteiger partial charge in [0.2, 0.25) is 0 Å². The Hall–Kier alpha value is -6.90. The molecular weight excluding hydrogens is 679 g/mol. The molecule has 0 radical (unpaired) electrons. The molecule has 0 aliphatic heterocycles. The maximum Gasteiger partial charge on any atom is 0.143 e. The van der Waals surface area contributed by atoms with E-state index in [9.17, 15) is 0 Å². The average molecular weight is 720 g/mol. The molecule has 0 spiro atoms. The van der Waals surface area contributed by atoms with E-state index in [0.717, 1.165) is 50.1 Å². The topological polar surface area (TPSA) is 16.4 Å². The fourth-order valence-electron chi connectivity index (χ4n) is 8.34. The minimum atomic E-state index is -0.0304. The standard InChI is InChI=1S/C54H41NO/c1-54(2,3)51-23-11-22-50-49-21-10-20-48(52(49)56-53(50)51)39-28-32-44(33-29-39)55(43-30-26-38(27-31-43)47-19-9-15-37-13-6-7-18-46(37)47)45-17-8-16-41(35-45)42-25-24-36-12-4-5-14-40(36)34-42/h4-35H,1-3H3. The zero-order chi connectivity index (χ0) is 37.8. The molecule has 0 aliphatic rings. The van der Waals surface area contributed by atoms with Crippen molar-refractivity contribution >= 4 is 60.5 Å². The first kappa shape index (κ1) is 33.7. The van der Waals surface area contributed by atoms with Gasteiger partial charge in [-0.1, -0.05) is 172 Å². The van der Waals surface area contributed by atoms with E-state index in [1.165, 1.54) is 49.4 Å². The van der Waals surface area contributed by atoms with Crippen LogP contribution >= 0.6 is 0 Å². The van der Waals surface area contributed by atoms with Crippen molar-refractivity contribution < 1.29 is 4.42 Å². The van der Waals surface area contributed by atoms with Gasteiger partial charge in [0, 0.05) is 39.0 Å². The van der Waals surface area contributed by atoms with E-state index in [-0.39, 0.29) is 5.41 Å². The van der Waals surface area contributed by atoms with Gasteiger partial charge < -0.3 is 9.32 Å². The molecule has 268 valence electrons. The first-order valence-corrected chi connectivity index (χ1v) is 19.4. The Balaban J connectivity index is 1.08. The molecular formula is C54H41NO. The number of para-hydroxylation sites is 2. The van der Waals surface area contributed by atoms with Crippen molar-refractivity contribution in [3.8, 4) is 33.4 Å². The third-order valence-electron chi connectivity index (χ3n) is 11.2. The van der Waals surface area contributed by atoms with E-state index < -0.39 is 0 Å². The van der Waals surface area contributed by atoms with Crippen molar-refractivity contribution in [1.29, 1.82) is 0 Å². The Morgan fingerprint density at radius 3 is 1.64 bits per heavy atom. The van der Waals surface area contributed by atoms with Crippen LogP contribution in [-0.4, -0.2) is 0 Å². The summed E-state index contributed by atoms with van der Waals surface area (Å²) in [6.45, 7) is 6.74. The van der Waals surface area contributed by atoms with Crippen LogP contribution < -0.4 is 4.90 Å². The van der Waals surface area contributed by atoms with Crippen molar-refractivity contribution in [2.24, 2.45) is 0 Å². The summed E-state index contributed by atoms with van der Waals surface area (Å²) in [5, 5.41) is 7.29.